The molecule has 1 aliphatic rings. The largest absolute Gasteiger partial charge is 0.483 e. The van der Waals surface area contributed by atoms with Gasteiger partial charge in [-0.15, -0.1) is 12.4 Å². The first kappa shape index (κ1) is 13.1. The predicted molar refractivity (Wildman–Crippen MR) is 63.5 cm³/mol. The van der Waals surface area contributed by atoms with Gasteiger partial charge in [-0.3, -0.25) is 4.79 Å². The van der Waals surface area contributed by atoms with Gasteiger partial charge in [0.1, 0.15) is 18.1 Å². The number of rotatable bonds is 2. The molecular formula is C11H16ClNO3. The van der Waals surface area contributed by atoms with Gasteiger partial charge in [-0.1, -0.05) is 0 Å². The van der Waals surface area contributed by atoms with E-state index < -0.39 is 0 Å². The first-order chi connectivity index (χ1) is 7.25. The fourth-order valence-corrected chi connectivity index (χ4v) is 1.67. The Bertz CT molecular complexity index is 385. The van der Waals surface area contributed by atoms with Gasteiger partial charge >= 0.3 is 0 Å². The van der Waals surface area contributed by atoms with Crippen molar-refractivity contribution < 1.29 is 9.15 Å². The van der Waals surface area contributed by atoms with Crippen LogP contribution in [0.4, 0.5) is 0 Å². The summed E-state index contributed by atoms with van der Waals surface area (Å²) in [4.78, 5) is 11.5. The molecule has 1 aromatic rings. The summed E-state index contributed by atoms with van der Waals surface area (Å²) in [7, 11) is 0. The van der Waals surface area contributed by atoms with Crippen molar-refractivity contribution in [2.24, 2.45) is 0 Å². The maximum atomic E-state index is 11.5. The molecule has 5 heteroatoms. The van der Waals surface area contributed by atoms with E-state index in [1.807, 2.05) is 0 Å². The Hall–Kier alpha value is -1.00. The normalized spacial score (nSPS) is 16.6. The zero-order chi connectivity index (χ0) is 10.7. The van der Waals surface area contributed by atoms with Crippen LogP contribution in [0.2, 0.25) is 0 Å². The molecule has 0 aliphatic carbocycles. The molecule has 1 N–H and O–H groups in total. The summed E-state index contributed by atoms with van der Waals surface area (Å²) in [5.41, 5.74) is -0.0997. The maximum absolute atomic E-state index is 11.5. The molecule has 0 aromatic carbocycles. The molecule has 2 rings (SSSR count). The third kappa shape index (κ3) is 3.25. The quantitative estimate of drug-likeness (QED) is 0.858. The first-order valence-corrected chi connectivity index (χ1v) is 5.22. The Morgan fingerprint density at radius 2 is 2.12 bits per heavy atom. The Balaban J connectivity index is 0.00000128. The van der Waals surface area contributed by atoms with Gasteiger partial charge in [0.2, 0.25) is 11.2 Å². The zero-order valence-corrected chi connectivity index (χ0v) is 10.0. The fourth-order valence-electron chi connectivity index (χ4n) is 1.67. The van der Waals surface area contributed by atoms with Gasteiger partial charge in [-0.25, -0.2) is 0 Å². The van der Waals surface area contributed by atoms with Crippen molar-refractivity contribution in [2.75, 3.05) is 13.1 Å². The minimum atomic E-state index is -0.0997. The van der Waals surface area contributed by atoms with Gasteiger partial charge in [-0.05, 0) is 32.9 Å². The third-order valence-electron chi connectivity index (χ3n) is 2.51. The average molecular weight is 246 g/mol. The summed E-state index contributed by atoms with van der Waals surface area (Å²) in [5.74, 6) is 0.935. The van der Waals surface area contributed by atoms with Gasteiger partial charge < -0.3 is 14.5 Å². The number of hydrogen-bond acceptors (Lipinski definition) is 4. The van der Waals surface area contributed by atoms with Gasteiger partial charge in [0.15, 0.2) is 0 Å². The molecule has 0 saturated carbocycles. The predicted octanol–water partition coefficient (Wildman–Crippen LogP) is 1.50. The molecule has 0 atom stereocenters. The van der Waals surface area contributed by atoms with Crippen LogP contribution in [-0.2, 0) is 0 Å². The van der Waals surface area contributed by atoms with Gasteiger partial charge in [-0.2, -0.15) is 0 Å². The van der Waals surface area contributed by atoms with Gasteiger partial charge in [0.25, 0.3) is 0 Å². The summed E-state index contributed by atoms with van der Waals surface area (Å²) in [6, 6.07) is 1.45. The van der Waals surface area contributed by atoms with Crippen LogP contribution < -0.4 is 15.5 Å². The average Bonchev–Trinajstić information content (AvgIpc) is 2.24. The molecule has 0 unspecified atom stereocenters. The standard InChI is InChI=1S/C11H15NO3.ClH/c1-8-6-10(13)11(7-14-8)15-9-2-4-12-5-3-9;/h6-7,9,12H,2-5H2,1H3;1H. The molecule has 90 valence electrons. The summed E-state index contributed by atoms with van der Waals surface area (Å²) < 4.78 is 10.7. The SMILES string of the molecule is Cc1cc(=O)c(OC2CCNCC2)co1.Cl. The van der Waals surface area contributed by atoms with Crippen molar-refractivity contribution in [2.45, 2.75) is 25.9 Å². The molecule has 0 bridgehead atoms. The number of nitrogens with one attached hydrogen (secondary N) is 1. The second-order valence-electron chi connectivity index (χ2n) is 3.79. The highest BCUT2D eigenvalue weighted by Gasteiger charge is 2.16. The molecule has 0 radical (unpaired) electrons. The third-order valence-corrected chi connectivity index (χ3v) is 2.51. The van der Waals surface area contributed by atoms with E-state index in [9.17, 15) is 4.79 Å². The molecule has 16 heavy (non-hydrogen) atoms. The van der Waals surface area contributed by atoms with Crippen molar-refractivity contribution >= 4 is 12.4 Å². The number of aryl methyl sites for hydroxylation is 1. The highest BCUT2D eigenvalue weighted by atomic mass is 35.5. The van der Waals surface area contributed by atoms with E-state index in [-0.39, 0.29) is 23.9 Å². The van der Waals surface area contributed by atoms with Crippen LogP contribution in [0.3, 0.4) is 0 Å². The summed E-state index contributed by atoms with van der Waals surface area (Å²) in [6.07, 6.45) is 3.41. The van der Waals surface area contributed by atoms with E-state index >= 15 is 0 Å². The van der Waals surface area contributed by atoms with Crippen LogP contribution in [0.25, 0.3) is 0 Å². The maximum Gasteiger partial charge on any atom is 0.226 e. The smallest absolute Gasteiger partial charge is 0.226 e. The lowest BCUT2D eigenvalue weighted by atomic mass is 10.1. The molecule has 1 aromatic heterocycles. The van der Waals surface area contributed by atoms with Crippen molar-refractivity contribution in [3.05, 3.63) is 28.3 Å². The van der Waals surface area contributed by atoms with E-state index in [1.54, 1.807) is 6.92 Å². The van der Waals surface area contributed by atoms with Crippen LogP contribution in [0, 0.1) is 6.92 Å². The molecule has 4 nitrogen and oxygen atoms in total. The Labute approximate surface area is 100 Å². The highest BCUT2D eigenvalue weighted by Crippen LogP contribution is 2.12. The lowest BCUT2D eigenvalue weighted by molar-refractivity contribution is 0.156. The number of piperidine rings is 1. The van der Waals surface area contributed by atoms with Crippen LogP contribution in [0.15, 0.2) is 21.5 Å². The highest BCUT2D eigenvalue weighted by molar-refractivity contribution is 5.85. The van der Waals surface area contributed by atoms with Crippen LogP contribution in [0.1, 0.15) is 18.6 Å². The molecule has 2 heterocycles. The lowest BCUT2D eigenvalue weighted by Gasteiger charge is -2.23. The van der Waals surface area contributed by atoms with Crippen molar-refractivity contribution in [1.29, 1.82) is 0 Å². The number of ether oxygens (including phenoxy) is 1. The van der Waals surface area contributed by atoms with Crippen LogP contribution >= 0.6 is 12.4 Å². The topological polar surface area (TPSA) is 51.5 Å². The zero-order valence-electron chi connectivity index (χ0n) is 9.19. The minimum Gasteiger partial charge on any atom is -0.483 e. The monoisotopic (exact) mass is 245 g/mol. The fraction of sp³-hybridized carbons (Fsp3) is 0.545. The minimum absolute atomic E-state index is 0. The van der Waals surface area contributed by atoms with E-state index in [1.165, 1.54) is 12.3 Å². The molecule has 1 saturated heterocycles. The van der Waals surface area contributed by atoms with E-state index in [0.29, 0.717) is 11.5 Å². The second kappa shape index (κ2) is 5.92. The Morgan fingerprint density at radius 3 is 2.75 bits per heavy atom. The first-order valence-electron chi connectivity index (χ1n) is 5.22. The van der Waals surface area contributed by atoms with Gasteiger partial charge in [0.05, 0.1) is 0 Å². The van der Waals surface area contributed by atoms with Crippen molar-refractivity contribution in [3.8, 4) is 5.75 Å². The van der Waals surface area contributed by atoms with Crippen molar-refractivity contribution in [1.82, 2.24) is 5.32 Å². The Morgan fingerprint density at radius 1 is 1.44 bits per heavy atom. The molecule has 1 aliphatic heterocycles. The molecule has 0 amide bonds. The molecule has 1 fully saturated rings. The van der Waals surface area contributed by atoms with Crippen molar-refractivity contribution in [3.63, 3.8) is 0 Å². The molecule has 0 spiro atoms. The number of hydrogen-bond donors (Lipinski definition) is 1. The Kier molecular flexibility index (Phi) is 4.83. The van der Waals surface area contributed by atoms with Crippen LogP contribution in [0.5, 0.6) is 5.75 Å². The van der Waals surface area contributed by atoms with Gasteiger partial charge in [0, 0.05) is 6.07 Å². The lowest BCUT2D eigenvalue weighted by Crippen LogP contribution is -2.34. The summed E-state index contributed by atoms with van der Waals surface area (Å²) >= 11 is 0. The van der Waals surface area contributed by atoms with Crippen LogP contribution in [-0.4, -0.2) is 19.2 Å². The second-order valence-corrected chi connectivity index (χ2v) is 3.79. The van der Waals surface area contributed by atoms with E-state index in [2.05, 4.69) is 5.32 Å². The summed E-state index contributed by atoms with van der Waals surface area (Å²) in [6.45, 7) is 3.64. The summed E-state index contributed by atoms with van der Waals surface area (Å²) in [5, 5.41) is 3.24. The van der Waals surface area contributed by atoms with E-state index in [0.717, 1.165) is 25.9 Å². The van der Waals surface area contributed by atoms with E-state index in [4.69, 9.17) is 9.15 Å². The molecular weight excluding hydrogens is 230 g/mol. The number of halogens is 1.